The van der Waals surface area contributed by atoms with E-state index in [1.54, 1.807) is 0 Å². The smallest absolute Gasteiger partial charge is 0.360 e. The van der Waals surface area contributed by atoms with Crippen LogP contribution in [0.15, 0.2) is 39.7 Å². The Morgan fingerprint density at radius 1 is 1.28 bits per heavy atom. The van der Waals surface area contributed by atoms with Crippen LogP contribution in [-0.4, -0.2) is 5.78 Å². The average molecular weight is 356 g/mol. The molecule has 0 heterocycles. The summed E-state index contributed by atoms with van der Waals surface area (Å²) in [6.07, 6.45) is 0.515. The number of Topliss-reactive ketones (excluding diaryl/α,β-unsaturated/α-hetero) is 1. The molecule has 2 rings (SSSR count). The van der Waals surface area contributed by atoms with E-state index in [4.69, 9.17) is 0 Å². The Morgan fingerprint density at radius 2 is 1.89 bits per heavy atom. The van der Waals surface area contributed by atoms with E-state index in [1.807, 2.05) is 51.1 Å². The summed E-state index contributed by atoms with van der Waals surface area (Å²) in [4.78, 5) is 12.1. The van der Waals surface area contributed by atoms with Crippen LogP contribution in [0.4, 0.5) is 0 Å². The molecular weight excluding hydrogens is 339 g/mol. The molecule has 0 spiro atoms. The Morgan fingerprint density at radius 3 is 2.50 bits per heavy atom. The van der Waals surface area contributed by atoms with E-state index in [-0.39, 0.29) is 17.5 Å². The maximum absolute atomic E-state index is 12.4. The highest BCUT2D eigenvalue weighted by atomic mass is 127. The van der Waals surface area contributed by atoms with Crippen molar-refractivity contribution in [2.45, 2.75) is 27.2 Å². The summed E-state index contributed by atoms with van der Waals surface area (Å²) < 4.78 is 1.72. The summed E-state index contributed by atoms with van der Waals surface area (Å²) in [5.74, 6) is 0.285. The lowest BCUT2D eigenvalue weighted by molar-refractivity contribution is -0.580. The molecule has 96 valence electrons. The molecule has 0 N–H and O–H groups in total. The van der Waals surface area contributed by atoms with Crippen molar-refractivity contribution < 1.29 is 31.1 Å². The van der Waals surface area contributed by atoms with E-state index in [0.29, 0.717) is 10.0 Å². The summed E-state index contributed by atoms with van der Waals surface area (Å²) in [6.45, 7) is 5.91. The van der Waals surface area contributed by atoms with Gasteiger partial charge in [0.05, 0.1) is 0 Å². The molecule has 1 atom stereocenters. The fourth-order valence-corrected chi connectivity index (χ4v) is 4.80. The zero-order chi connectivity index (χ0) is 13.3. The molecule has 0 aromatic heterocycles. The zero-order valence-corrected chi connectivity index (χ0v) is 13.0. The minimum atomic E-state index is -0.636. The first-order chi connectivity index (χ1) is 8.43. The maximum atomic E-state index is 12.4. The lowest BCUT2D eigenvalue weighted by Gasteiger charge is -2.40. The molecule has 0 saturated heterocycles. The van der Waals surface area contributed by atoms with E-state index in [1.165, 1.54) is 0 Å². The molecule has 2 nitrogen and oxygen atoms in total. The normalized spacial score (nSPS) is 23.3. The molecule has 18 heavy (non-hydrogen) atoms. The summed E-state index contributed by atoms with van der Waals surface area (Å²) in [5, 5.41) is 12.4. The van der Waals surface area contributed by atoms with Gasteiger partial charge in [-0.05, 0) is 23.5 Å². The fraction of sp³-hybridized carbons (Fsp3) is 0.400. The molecule has 1 aliphatic carbocycles. The molecule has 0 bridgehead atoms. The van der Waals surface area contributed by atoms with Crippen LogP contribution in [0.2, 0.25) is 0 Å². The largest absolute Gasteiger partial charge is 0.872 e. The summed E-state index contributed by atoms with van der Waals surface area (Å²) in [6, 6.07) is 9.88. The Kier molecular flexibility index (Phi) is 3.80. The van der Waals surface area contributed by atoms with Crippen molar-refractivity contribution in [3.8, 4) is 0 Å². The highest BCUT2D eigenvalue weighted by Crippen LogP contribution is 2.38. The van der Waals surface area contributed by atoms with Crippen LogP contribution in [0, 0.1) is 14.9 Å². The summed E-state index contributed by atoms with van der Waals surface area (Å²) >= 11 is -0.636. The van der Waals surface area contributed by atoms with Crippen molar-refractivity contribution in [1.82, 2.24) is 0 Å². The molecule has 0 amide bonds. The number of allylic oxidation sites excluding steroid dienone is 2. The number of carbonyl (C=O) groups excluding carboxylic acids is 1. The van der Waals surface area contributed by atoms with Crippen LogP contribution in [0.5, 0.6) is 0 Å². The van der Waals surface area contributed by atoms with Crippen LogP contribution in [0.3, 0.4) is 0 Å². The first-order valence-electron chi connectivity index (χ1n) is 6.07. The maximum Gasteiger partial charge on any atom is 0.360 e. The SMILES string of the molecule is CC1CC(=O)C([I+]c2ccccc2)=C([O-])C1(C)C. The molecule has 1 aromatic carbocycles. The van der Waals surface area contributed by atoms with Gasteiger partial charge < -0.3 is 5.11 Å². The van der Waals surface area contributed by atoms with Crippen molar-refractivity contribution in [2.75, 3.05) is 0 Å². The van der Waals surface area contributed by atoms with Crippen molar-refractivity contribution >= 4 is 5.78 Å². The van der Waals surface area contributed by atoms with Gasteiger partial charge >= 0.3 is 21.2 Å². The molecule has 3 heteroatoms. The van der Waals surface area contributed by atoms with Gasteiger partial charge in [-0.25, -0.2) is 0 Å². The summed E-state index contributed by atoms with van der Waals surface area (Å²) in [5.41, 5.74) is -0.391. The van der Waals surface area contributed by atoms with Gasteiger partial charge in [0.1, 0.15) is 0 Å². The lowest BCUT2D eigenvalue weighted by atomic mass is 9.72. The third-order valence-corrected chi connectivity index (χ3v) is 6.66. The van der Waals surface area contributed by atoms with Gasteiger partial charge in [-0.2, -0.15) is 0 Å². The van der Waals surface area contributed by atoms with E-state index in [2.05, 4.69) is 0 Å². The number of ketones is 1. The van der Waals surface area contributed by atoms with Gasteiger partial charge in [-0.1, -0.05) is 44.7 Å². The van der Waals surface area contributed by atoms with E-state index >= 15 is 0 Å². The monoisotopic (exact) mass is 356 g/mol. The minimum absolute atomic E-state index is 0.0721. The lowest BCUT2D eigenvalue weighted by Crippen LogP contribution is -3.61. The Bertz CT molecular complexity index is 488. The minimum Gasteiger partial charge on any atom is -0.872 e. The van der Waals surface area contributed by atoms with Crippen LogP contribution >= 0.6 is 0 Å². The summed E-state index contributed by atoms with van der Waals surface area (Å²) in [7, 11) is 0. The topological polar surface area (TPSA) is 40.1 Å². The van der Waals surface area contributed by atoms with Gasteiger partial charge in [-0.15, -0.1) is 0 Å². The first kappa shape index (κ1) is 13.6. The predicted octanol–water partition coefficient (Wildman–Crippen LogP) is -0.848. The standard InChI is InChI=1S/C15H17IO2/c1-10-9-12(17)13(14(18)15(10,2)3)16-11-7-5-4-6-8-11/h4-8,10H,9H2,1-3H3. The molecule has 1 aromatic rings. The molecule has 0 radical (unpaired) electrons. The third-order valence-electron chi connectivity index (χ3n) is 3.69. The number of carbonyl (C=O) groups is 1. The second kappa shape index (κ2) is 5.03. The van der Waals surface area contributed by atoms with Gasteiger partial charge in [0.15, 0.2) is 3.57 Å². The number of hydrogen-bond donors (Lipinski definition) is 0. The Balaban J connectivity index is 2.36. The zero-order valence-electron chi connectivity index (χ0n) is 10.9. The van der Waals surface area contributed by atoms with Gasteiger partial charge in [0, 0.05) is 6.42 Å². The van der Waals surface area contributed by atoms with E-state index in [9.17, 15) is 9.90 Å². The fourth-order valence-electron chi connectivity index (χ4n) is 1.94. The van der Waals surface area contributed by atoms with Crippen LogP contribution < -0.4 is 26.3 Å². The second-order valence-electron chi connectivity index (χ2n) is 5.28. The quantitative estimate of drug-likeness (QED) is 0.648. The van der Waals surface area contributed by atoms with Crippen molar-refractivity contribution in [1.29, 1.82) is 0 Å². The Hall–Kier alpha value is -0.840. The molecule has 1 unspecified atom stereocenters. The molecule has 0 saturated carbocycles. The van der Waals surface area contributed by atoms with Crippen LogP contribution in [0.25, 0.3) is 0 Å². The van der Waals surface area contributed by atoms with Gasteiger partial charge in [0.2, 0.25) is 9.36 Å². The van der Waals surface area contributed by atoms with Gasteiger partial charge in [0.25, 0.3) is 0 Å². The van der Waals surface area contributed by atoms with Crippen molar-refractivity contribution in [3.63, 3.8) is 0 Å². The Labute approximate surface area is 118 Å². The van der Waals surface area contributed by atoms with Crippen molar-refractivity contribution in [2.24, 2.45) is 11.3 Å². The predicted molar refractivity (Wildman–Crippen MR) is 64.7 cm³/mol. The van der Waals surface area contributed by atoms with E-state index < -0.39 is 26.6 Å². The van der Waals surface area contributed by atoms with E-state index in [0.717, 1.165) is 3.57 Å². The highest BCUT2D eigenvalue weighted by Gasteiger charge is 2.41. The molecule has 0 aliphatic heterocycles. The van der Waals surface area contributed by atoms with Crippen molar-refractivity contribution in [3.05, 3.63) is 43.2 Å². The number of rotatable bonds is 2. The first-order valence-corrected chi connectivity index (χ1v) is 8.23. The third kappa shape index (κ3) is 2.46. The van der Waals surface area contributed by atoms with Crippen LogP contribution in [-0.2, 0) is 4.79 Å². The number of halogens is 1. The van der Waals surface area contributed by atoms with Crippen LogP contribution in [0.1, 0.15) is 27.2 Å². The van der Waals surface area contributed by atoms with Gasteiger partial charge in [-0.3, -0.25) is 4.79 Å². The second-order valence-corrected chi connectivity index (χ2v) is 8.15. The number of hydrogen-bond acceptors (Lipinski definition) is 2. The number of benzene rings is 1. The average Bonchev–Trinajstić information content (AvgIpc) is 2.34. The molecule has 0 fully saturated rings. The molecular formula is C15H17IO2. The molecule has 1 aliphatic rings. The highest BCUT2D eigenvalue weighted by molar-refractivity contribution is 5.94.